The summed E-state index contributed by atoms with van der Waals surface area (Å²) in [5.74, 6) is -1.61. The SMILES string of the molecule is CC(C)(C)OC(=O)NCC1OC(C)(C)OC1CN1C(=O)c2ccccc2C1=O. The molecule has 3 rings (SSSR count). The first-order valence-corrected chi connectivity index (χ1v) is 9.24. The summed E-state index contributed by atoms with van der Waals surface area (Å²) in [4.78, 5) is 38.3. The first-order chi connectivity index (χ1) is 13.0. The molecule has 0 aliphatic carbocycles. The second kappa shape index (κ2) is 7.18. The number of benzene rings is 1. The number of hydrogen-bond acceptors (Lipinski definition) is 6. The molecule has 2 unspecified atom stereocenters. The number of hydrogen-bond donors (Lipinski definition) is 1. The van der Waals surface area contributed by atoms with Crippen LogP contribution in [0.5, 0.6) is 0 Å². The number of nitrogens with one attached hydrogen (secondary N) is 1. The minimum Gasteiger partial charge on any atom is -0.444 e. The molecule has 2 aliphatic heterocycles. The summed E-state index contributed by atoms with van der Waals surface area (Å²) in [6, 6.07) is 6.71. The number of amides is 3. The Morgan fingerprint density at radius 3 is 2.18 bits per heavy atom. The predicted molar refractivity (Wildman–Crippen MR) is 99.9 cm³/mol. The van der Waals surface area contributed by atoms with Crippen molar-refractivity contribution in [2.75, 3.05) is 13.1 Å². The van der Waals surface area contributed by atoms with Gasteiger partial charge in [-0.2, -0.15) is 0 Å². The average Bonchev–Trinajstić information content (AvgIpc) is 3.00. The van der Waals surface area contributed by atoms with Crippen LogP contribution in [0.15, 0.2) is 24.3 Å². The average molecular weight is 390 g/mol. The highest BCUT2D eigenvalue weighted by Crippen LogP contribution is 2.31. The monoisotopic (exact) mass is 390 g/mol. The lowest BCUT2D eigenvalue weighted by atomic mass is 10.1. The minimum absolute atomic E-state index is 0.0381. The molecule has 1 saturated heterocycles. The third-order valence-electron chi connectivity index (χ3n) is 4.37. The maximum Gasteiger partial charge on any atom is 0.407 e. The summed E-state index contributed by atoms with van der Waals surface area (Å²) < 4.78 is 17.0. The number of rotatable bonds is 4. The molecule has 0 aromatic heterocycles. The fraction of sp³-hybridized carbons (Fsp3) is 0.550. The van der Waals surface area contributed by atoms with Gasteiger partial charge in [0.05, 0.1) is 17.7 Å². The Balaban J connectivity index is 1.67. The molecule has 0 saturated carbocycles. The zero-order valence-corrected chi connectivity index (χ0v) is 16.8. The topological polar surface area (TPSA) is 94.2 Å². The standard InChI is InChI=1S/C20H26N2O6/c1-19(2,3)28-18(25)21-10-14-15(27-20(4,5)26-14)11-22-16(23)12-8-6-7-9-13(12)17(22)24/h6-9,14-15H,10-11H2,1-5H3,(H,21,25). The van der Waals surface area contributed by atoms with E-state index in [-0.39, 0.29) is 24.9 Å². The summed E-state index contributed by atoms with van der Waals surface area (Å²) in [6.07, 6.45) is -1.68. The lowest BCUT2D eigenvalue weighted by Crippen LogP contribution is -2.45. The highest BCUT2D eigenvalue weighted by molar-refractivity contribution is 6.21. The van der Waals surface area contributed by atoms with E-state index < -0.39 is 29.7 Å². The Morgan fingerprint density at radius 2 is 1.64 bits per heavy atom. The maximum atomic E-state index is 12.6. The van der Waals surface area contributed by atoms with Crippen LogP contribution in [-0.2, 0) is 14.2 Å². The van der Waals surface area contributed by atoms with E-state index in [0.717, 1.165) is 0 Å². The van der Waals surface area contributed by atoms with Gasteiger partial charge in [0.25, 0.3) is 11.8 Å². The number of alkyl carbamates (subject to hydrolysis) is 1. The van der Waals surface area contributed by atoms with Crippen molar-refractivity contribution in [1.82, 2.24) is 10.2 Å². The second-order valence-corrected chi connectivity index (χ2v) is 8.36. The molecule has 8 heteroatoms. The van der Waals surface area contributed by atoms with Crippen LogP contribution in [0.4, 0.5) is 4.79 Å². The smallest absolute Gasteiger partial charge is 0.407 e. The van der Waals surface area contributed by atoms with Crippen molar-refractivity contribution in [3.63, 3.8) is 0 Å². The molecule has 1 fully saturated rings. The van der Waals surface area contributed by atoms with Crippen LogP contribution in [-0.4, -0.2) is 59.5 Å². The van der Waals surface area contributed by atoms with Crippen molar-refractivity contribution >= 4 is 17.9 Å². The van der Waals surface area contributed by atoms with Gasteiger partial charge in [-0.25, -0.2) is 4.79 Å². The van der Waals surface area contributed by atoms with Gasteiger partial charge in [0.2, 0.25) is 0 Å². The van der Waals surface area contributed by atoms with Crippen molar-refractivity contribution in [2.45, 2.75) is 58.2 Å². The number of carbonyl (C=O) groups is 3. The van der Waals surface area contributed by atoms with Gasteiger partial charge in [0.1, 0.15) is 17.8 Å². The first-order valence-electron chi connectivity index (χ1n) is 9.24. The molecule has 2 heterocycles. The van der Waals surface area contributed by atoms with E-state index in [0.29, 0.717) is 11.1 Å². The van der Waals surface area contributed by atoms with Crippen molar-refractivity contribution < 1.29 is 28.6 Å². The van der Waals surface area contributed by atoms with Crippen LogP contribution in [0.1, 0.15) is 55.3 Å². The first kappa shape index (κ1) is 20.3. The molecule has 0 spiro atoms. The Labute approximate surface area is 164 Å². The molecule has 152 valence electrons. The molecular weight excluding hydrogens is 364 g/mol. The van der Waals surface area contributed by atoms with Crippen molar-refractivity contribution in [3.05, 3.63) is 35.4 Å². The zero-order chi connectivity index (χ0) is 20.7. The maximum absolute atomic E-state index is 12.6. The highest BCUT2D eigenvalue weighted by Gasteiger charge is 2.45. The van der Waals surface area contributed by atoms with Crippen LogP contribution in [0.3, 0.4) is 0 Å². The van der Waals surface area contributed by atoms with Gasteiger partial charge in [-0.05, 0) is 46.8 Å². The fourth-order valence-electron chi connectivity index (χ4n) is 3.32. The molecule has 3 amide bonds. The van der Waals surface area contributed by atoms with Crippen molar-refractivity contribution in [2.24, 2.45) is 0 Å². The molecule has 0 radical (unpaired) electrons. The lowest BCUT2D eigenvalue weighted by molar-refractivity contribution is -0.146. The summed E-state index contributed by atoms with van der Waals surface area (Å²) in [5, 5.41) is 2.66. The van der Waals surface area contributed by atoms with Gasteiger partial charge in [-0.1, -0.05) is 12.1 Å². The second-order valence-electron chi connectivity index (χ2n) is 8.36. The van der Waals surface area contributed by atoms with E-state index in [9.17, 15) is 14.4 Å². The largest absolute Gasteiger partial charge is 0.444 e. The highest BCUT2D eigenvalue weighted by atomic mass is 16.8. The molecule has 1 N–H and O–H groups in total. The fourth-order valence-corrected chi connectivity index (χ4v) is 3.32. The van der Waals surface area contributed by atoms with E-state index in [1.807, 2.05) is 0 Å². The molecule has 1 aromatic rings. The molecule has 1 aromatic carbocycles. The van der Waals surface area contributed by atoms with E-state index in [2.05, 4.69) is 5.32 Å². The number of carbonyl (C=O) groups excluding carboxylic acids is 3. The number of ether oxygens (including phenoxy) is 3. The van der Waals surface area contributed by atoms with Crippen LogP contribution >= 0.6 is 0 Å². The van der Waals surface area contributed by atoms with Crippen molar-refractivity contribution in [3.8, 4) is 0 Å². The Hall–Kier alpha value is -2.45. The molecular formula is C20H26N2O6. The summed E-state index contributed by atoms with van der Waals surface area (Å²) in [5.41, 5.74) is 0.152. The van der Waals surface area contributed by atoms with Gasteiger partial charge in [0, 0.05) is 6.54 Å². The predicted octanol–water partition coefficient (Wildman–Crippen LogP) is 2.33. The van der Waals surface area contributed by atoms with Crippen LogP contribution in [0.2, 0.25) is 0 Å². The van der Waals surface area contributed by atoms with Gasteiger partial charge in [-0.3, -0.25) is 14.5 Å². The number of fused-ring (bicyclic) bond motifs is 1. The summed E-state index contributed by atoms with van der Waals surface area (Å²) in [6.45, 7) is 8.98. The Morgan fingerprint density at radius 1 is 1.11 bits per heavy atom. The van der Waals surface area contributed by atoms with Crippen molar-refractivity contribution in [1.29, 1.82) is 0 Å². The van der Waals surface area contributed by atoms with Crippen LogP contribution in [0.25, 0.3) is 0 Å². The third kappa shape index (κ3) is 4.34. The molecule has 2 atom stereocenters. The van der Waals surface area contributed by atoms with Gasteiger partial charge in [-0.15, -0.1) is 0 Å². The van der Waals surface area contributed by atoms with E-state index in [4.69, 9.17) is 14.2 Å². The quantitative estimate of drug-likeness (QED) is 0.793. The van der Waals surface area contributed by atoms with E-state index in [1.54, 1.807) is 58.9 Å². The Kier molecular flexibility index (Phi) is 5.20. The number of imide groups is 1. The molecule has 8 nitrogen and oxygen atoms in total. The van der Waals surface area contributed by atoms with E-state index in [1.165, 1.54) is 4.90 Å². The van der Waals surface area contributed by atoms with Crippen LogP contribution in [0, 0.1) is 0 Å². The van der Waals surface area contributed by atoms with Gasteiger partial charge in [0.15, 0.2) is 5.79 Å². The third-order valence-corrected chi connectivity index (χ3v) is 4.37. The Bertz CT molecular complexity index is 763. The molecule has 28 heavy (non-hydrogen) atoms. The lowest BCUT2D eigenvalue weighted by Gasteiger charge is -2.23. The van der Waals surface area contributed by atoms with Crippen LogP contribution < -0.4 is 5.32 Å². The number of nitrogens with zero attached hydrogens (tertiary/aromatic N) is 1. The zero-order valence-electron chi connectivity index (χ0n) is 16.8. The van der Waals surface area contributed by atoms with Gasteiger partial charge < -0.3 is 19.5 Å². The normalized spacial score (nSPS) is 23.7. The minimum atomic E-state index is -0.899. The molecule has 0 bridgehead atoms. The summed E-state index contributed by atoms with van der Waals surface area (Å²) in [7, 11) is 0. The summed E-state index contributed by atoms with van der Waals surface area (Å²) >= 11 is 0. The molecule has 2 aliphatic rings. The van der Waals surface area contributed by atoms with E-state index >= 15 is 0 Å². The van der Waals surface area contributed by atoms with Gasteiger partial charge >= 0.3 is 6.09 Å².